The van der Waals surface area contributed by atoms with Crippen LogP contribution in [0.4, 0.5) is 0 Å². The van der Waals surface area contributed by atoms with Crippen molar-refractivity contribution in [3.05, 3.63) is 60.2 Å². The van der Waals surface area contributed by atoms with Crippen LogP contribution < -0.4 is 4.74 Å². The lowest BCUT2D eigenvalue weighted by atomic mass is 10.0. The fourth-order valence-electron chi connectivity index (χ4n) is 2.26. The molecule has 23 heavy (non-hydrogen) atoms. The second-order valence-electron chi connectivity index (χ2n) is 5.29. The van der Waals surface area contributed by atoms with Gasteiger partial charge in [0.1, 0.15) is 5.75 Å². The number of aliphatic hydroxyl groups is 1. The Balaban J connectivity index is 2.24. The van der Waals surface area contributed by atoms with E-state index in [0.29, 0.717) is 11.3 Å². The molecule has 0 aromatic heterocycles. The topological polar surface area (TPSA) is 66.8 Å². The monoisotopic (exact) mass is 335 g/mol. The molecule has 0 saturated heterocycles. The van der Waals surface area contributed by atoms with E-state index in [4.69, 9.17) is 4.74 Å². The number of rotatable bonds is 6. The molecule has 2 atom stereocenters. The van der Waals surface area contributed by atoms with Crippen LogP contribution in [0.2, 0.25) is 0 Å². The average Bonchev–Trinajstić information content (AvgIpc) is 2.60. The minimum Gasteiger partial charge on any atom is -0.497 e. The summed E-state index contributed by atoms with van der Waals surface area (Å²) in [6, 6.07) is 14.6. The van der Waals surface area contributed by atoms with Crippen molar-refractivity contribution in [3.8, 4) is 5.75 Å². The first-order chi connectivity index (χ1) is 10.9. The first-order valence-electron chi connectivity index (χ1n) is 7.23. The minimum atomic E-state index is -3.70. The molecule has 124 valence electrons. The van der Waals surface area contributed by atoms with Crippen LogP contribution in [0.3, 0.4) is 0 Å². The number of methoxy groups -OCH3 is 1. The Kier molecular flexibility index (Phi) is 5.41. The highest BCUT2D eigenvalue weighted by Crippen LogP contribution is 2.25. The van der Waals surface area contributed by atoms with Gasteiger partial charge < -0.3 is 9.84 Å². The van der Waals surface area contributed by atoms with Crippen molar-refractivity contribution in [1.82, 2.24) is 4.31 Å². The third kappa shape index (κ3) is 3.72. The molecule has 2 rings (SSSR count). The van der Waals surface area contributed by atoms with Crippen LogP contribution in [0.15, 0.2) is 59.5 Å². The van der Waals surface area contributed by atoms with E-state index >= 15 is 0 Å². The van der Waals surface area contributed by atoms with Crippen molar-refractivity contribution < 1.29 is 18.3 Å². The summed E-state index contributed by atoms with van der Waals surface area (Å²) in [4.78, 5) is 0.160. The molecule has 0 fully saturated rings. The third-order valence-electron chi connectivity index (χ3n) is 3.91. The van der Waals surface area contributed by atoms with Gasteiger partial charge in [0, 0.05) is 7.05 Å². The lowest BCUT2D eigenvalue weighted by molar-refractivity contribution is 0.108. The number of hydrogen-bond acceptors (Lipinski definition) is 4. The standard InChI is InChI=1S/C17H21NO4S/c1-13(17(19)14-7-5-4-6-8-14)18(2)23(20,21)16-11-9-15(22-3)10-12-16/h4-13,17,19H,1-3H3/t13-,17+/m1/s1. The van der Waals surface area contributed by atoms with E-state index in [9.17, 15) is 13.5 Å². The van der Waals surface area contributed by atoms with Gasteiger partial charge in [-0.15, -0.1) is 0 Å². The first-order valence-corrected chi connectivity index (χ1v) is 8.67. The van der Waals surface area contributed by atoms with Crippen LogP contribution in [-0.4, -0.2) is 38.0 Å². The number of sulfonamides is 1. The molecule has 0 aliphatic carbocycles. The van der Waals surface area contributed by atoms with Crippen LogP contribution in [-0.2, 0) is 10.0 Å². The molecule has 0 heterocycles. The summed E-state index contributed by atoms with van der Waals surface area (Å²) in [6.45, 7) is 1.68. The zero-order valence-corrected chi connectivity index (χ0v) is 14.2. The second-order valence-corrected chi connectivity index (χ2v) is 7.29. The second kappa shape index (κ2) is 7.12. The Bertz CT molecular complexity index is 729. The van der Waals surface area contributed by atoms with Gasteiger partial charge in [0.25, 0.3) is 0 Å². The smallest absolute Gasteiger partial charge is 0.243 e. The molecule has 0 aliphatic rings. The predicted molar refractivity (Wildman–Crippen MR) is 88.8 cm³/mol. The summed E-state index contributed by atoms with van der Waals surface area (Å²) in [6.07, 6.45) is -0.908. The van der Waals surface area contributed by atoms with Gasteiger partial charge in [-0.2, -0.15) is 4.31 Å². The van der Waals surface area contributed by atoms with Crippen LogP contribution >= 0.6 is 0 Å². The van der Waals surface area contributed by atoms with Crippen molar-refractivity contribution >= 4 is 10.0 Å². The lowest BCUT2D eigenvalue weighted by Gasteiger charge is -2.28. The highest BCUT2D eigenvalue weighted by atomic mass is 32.2. The molecule has 5 nitrogen and oxygen atoms in total. The van der Waals surface area contributed by atoms with E-state index in [2.05, 4.69) is 0 Å². The SMILES string of the molecule is COc1ccc(S(=O)(=O)N(C)[C@H](C)[C@H](O)c2ccccc2)cc1. The molecule has 0 amide bonds. The highest BCUT2D eigenvalue weighted by molar-refractivity contribution is 7.89. The Morgan fingerprint density at radius 1 is 1.04 bits per heavy atom. The molecular formula is C17H21NO4S. The van der Waals surface area contributed by atoms with Crippen LogP contribution in [0, 0.1) is 0 Å². The zero-order valence-electron chi connectivity index (χ0n) is 13.4. The van der Waals surface area contributed by atoms with Crippen LogP contribution in [0.1, 0.15) is 18.6 Å². The summed E-state index contributed by atoms with van der Waals surface area (Å²) in [5.41, 5.74) is 0.678. The molecule has 0 saturated carbocycles. The van der Waals surface area contributed by atoms with E-state index in [0.717, 1.165) is 0 Å². The van der Waals surface area contributed by atoms with Gasteiger partial charge in [-0.3, -0.25) is 0 Å². The Hall–Kier alpha value is -1.89. The quantitative estimate of drug-likeness (QED) is 0.880. The van der Waals surface area contributed by atoms with Crippen molar-refractivity contribution in [1.29, 1.82) is 0 Å². The molecule has 2 aromatic carbocycles. The number of likely N-dealkylation sites (N-methyl/N-ethyl adjacent to an activating group) is 1. The molecule has 0 aliphatic heterocycles. The van der Waals surface area contributed by atoms with Gasteiger partial charge in [-0.05, 0) is 36.8 Å². The van der Waals surface area contributed by atoms with E-state index in [1.807, 2.05) is 18.2 Å². The largest absolute Gasteiger partial charge is 0.497 e. The van der Waals surface area contributed by atoms with Gasteiger partial charge in [-0.25, -0.2) is 8.42 Å². The predicted octanol–water partition coefficient (Wildman–Crippen LogP) is 2.44. The lowest BCUT2D eigenvalue weighted by Crippen LogP contribution is -2.39. The number of benzene rings is 2. The van der Waals surface area contributed by atoms with E-state index < -0.39 is 22.2 Å². The van der Waals surface area contributed by atoms with Gasteiger partial charge >= 0.3 is 0 Å². The number of aliphatic hydroxyl groups excluding tert-OH is 1. The molecule has 0 bridgehead atoms. The van der Waals surface area contributed by atoms with Crippen molar-refractivity contribution in [2.75, 3.05) is 14.2 Å². The number of ether oxygens (including phenoxy) is 1. The van der Waals surface area contributed by atoms with Crippen molar-refractivity contribution in [3.63, 3.8) is 0 Å². The third-order valence-corrected chi connectivity index (χ3v) is 5.87. The fourth-order valence-corrected chi connectivity index (χ4v) is 3.63. The summed E-state index contributed by atoms with van der Waals surface area (Å²) in [7, 11) is -0.708. The van der Waals surface area contributed by atoms with Crippen LogP contribution in [0.5, 0.6) is 5.75 Å². The normalized spacial score (nSPS) is 14.5. The summed E-state index contributed by atoms with van der Waals surface area (Å²) >= 11 is 0. The van der Waals surface area contributed by atoms with E-state index in [1.165, 1.54) is 30.6 Å². The molecule has 0 unspecified atom stereocenters. The zero-order chi connectivity index (χ0) is 17.0. The fraction of sp³-hybridized carbons (Fsp3) is 0.294. The summed E-state index contributed by atoms with van der Waals surface area (Å²) < 4.78 is 31.6. The molecule has 0 radical (unpaired) electrons. The van der Waals surface area contributed by atoms with Gasteiger partial charge in [-0.1, -0.05) is 30.3 Å². The Morgan fingerprint density at radius 3 is 2.13 bits per heavy atom. The summed E-state index contributed by atoms with van der Waals surface area (Å²) in [5, 5.41) is 10.4. The molecule has 2 aromatic rings. The van der Waals surface area contributed by atoms with Gasteiger partial charge in [0.05, 0.1) is 24.2 Å². The molecule has 1 N–H and O–H groups in total. The minimum absolute atomic E-state index is 0.160. The maximum Gasteiger partial charge on any atom is 0.243 e. The maximum atomic E-state index is 12.7. The Morgan fingerprint density at radius 2 is 1.61 bits per heavy atom. The Labute approximate surface area is 137 Å². The van der Waals surface area contributed by atoms with E-state index in [1.54, 1.807) is 31.2 Å². The number of hydrogen-bond donors (Lipinski definition) is 1. The molecular weight excluding hydrogens is 314 g/mol. The average molecular weight is 335 g/mol. The molecule has 0 spiro atoms. The van der Waals surface area contributed by atoms with Crippen LogP contribution in [0.25, 0.3) is 0 Å². The molecule has 6 heteroatoms. The maximum absolute atomic E-state index is 12.7. The van der Waals surface area contributed by atoms with Gasteiger partial charge in [0.15, 0.2) is 0 Å². The van der Waals surface area contributed by atoms with Crippen molar-refractivity contribution in [2.24, 2.45) is 0 Å². The van der Waals surface area contributed by atoms with Crippen molar-refractivity contribution in [2.45, 2.75) is 24.0 Å². The number of nitrogens with zero attached hydrogens (tertiary/aromatic N) is 1. The van der Waals surface area contributed by atoms with E-state index in [-0.39, 0.29) is 4.90 Å². The highest BCUT2D eigenvalue weighted by Gasteiger charge is 2.30. The van der Waals surface area contributed by atoms with Gasteiger partial charge in [0.2, 0.25) is 10.0 Å². The first kappa shape index (κ1) is 17.5. The summed E-state index contributed by atoms with van der Waals surface area (Å²) in [5.74, 6) is 0.587.